The van der Waals surface area contributed by atoms with Gasteiger partial charge in [0.05, 0.1) is 5.69 Å². The van der Waals surface area contributed by atoms with Gasteiger partial charge in [0.25, 0.3) is 0 Å². The van der Waals surface area contributed by atoms with Crippen molar-refractivity contribution >= 4 is 11.7 Å². The van der Waals surface area contributed by atoms with Gasteiger partial charge in [-0.15, -0.1) is 0 Å². The van der Waals surface area contributed by atoms with Crippen LogP contribution in [0.3, 0.4) is 0 Å². The van der Waals surface area contributed by atoms with Crippen LogP contribution < -0.4 is 10.6 Å². The van der Waals surface area contributed by atoms with Gasteiger partial charge in [0.1, 0.15) is 5.82 Å². The largest absolute Gasteiger partial charge is 0.396 e. The fourth-order valence-electron chi connectivity index (χ4n) is 2.40. The highest BCUT2D eigenvalue weighted by Crippen LogP contribution is 2.23. The van der Waals surface area contributed by atoms with Crippen LogP contribution in [0.5, 0.6) is 0 Å². The van der Waals surface area contributed by atoms with Crippen molar-refractivity contribution in [3.8, 4) is 0 Å². The van der Waals surface area contributed by atoms with E-state index in [2.05, 4.69) is 10.6 Å². The Morgan fingerprint density at radius 3 is 2.58 bits per heavy atom. The number of aliphatic hydroxyl groups excluding tert-OH is 1. The van der Waals surface area contributed by atoms with Gasteiger partial charge in [-0.3, -0.25) is 0 Å². The lowest BCUT2D eigenvalue weighted by molar-refractivity contribution is 0.176. The number of amides is 2. The van der Waals surface area contributed by atoms with E-state index in [-0.39, 0.29) is 24.4 Å². The number of hydrogen-bond acceptors (Lipinski definition) is 2. The third kappa shape index (κ3) is 3.92. The molecule has 19 heavy (non-hydrogen) atoms. The molecule has 0 atom stereocenters. The van der Waals surface area contributed by atoms with Crippen LogP contribution in [-0.2, 0) is 0 Å². The maximum absolute atomic E-state index is 13.4. The van der Waals surface area contributed by atoms with E-state index < -0.39 is 5.82 Å². The average Bonchev–Trinajstić information content (AvgIpc) is 2.42. The predicted octanol–water partition coefficient (Wildman–Crippen LogP) is 2.50. The molecule has 1 saturated carbocycles. The molecule has 3 N–H and O–H groups in total. The number of carbonyl (C=O) groups excluding carboxylic acids is 1. The first kappa shape index (κ1) is 13.8. The molecular weight excluding hydrogens is 247 g/mol. The molecule has 0 bridgehead atoms. The maximum Gasteiger partial charge on any atom is 0.319 e. The normalized spacial score (nSPS) is 22.8. The number of anilines is 1. The van der Waals surface area contributed by atoms with Crippen molar-refractivity contribution in [2.24, 2.45) is 5.92 Å². The van der Waals surface area contributed by atoms with Crippen molar-refractivity contribution in [3.63, 3.8) is 0 Å². The number of benzene rings is 1. The molecule has 0 unspecified atom stereocenters. The SMILES string of the molecule is O=C(Nc1ccccc1F)NC1CCC(CO)CC1. The predicted molar refractivity (Wildman–Crippen MR) is 71.4 cm³/mol. The molecule has 2 amide bonds. The lowest BCUT2D eigenvalue weighted by Crippen LogP contribution is -2.40. The molecule has 2 rings (SSSR count). The zero-order valence-electron chi connectivity index (χ0n) is 10.7. The Hall–Kier alpha value is -1.62. The number of aliphatic hydroxyl groups is 1. The van der Waals surface area contributed by atoms with Gasteiger partial charge in [0.15, 0.2) is 0 Å². The van der Waals surface area contributed by atoms with Gasteiger partial charge in [0.2, 0.25) is 0 Å². The Morgan fingerprint density at radius 1 is 1.26 bits per heavy atom. The Morgan fingerprint density at radius 2 is 1.95 bits per heavy atom. The molecule has 0 spiro atoms. The highest BCUT2D eigenvalue weighted by atomic mass is 19.1. The van der Waals surface area contributed by atoms with Gasteiger partial charge in [0, 0.05) is 12.6 Å². The maximum atomic E-state index is 13.4. The van der Waals surface area contributed by atoms with Crippen LogP contribution in [-0.4, -0.2) is 23.8 Å². The van der Waals surface area contributed by atoms with Gasteiger partial charge >= 0.3 is 6.03 Å². The smallest absolute Gasteiger partial charge is 0.319 e. The summed E-state index contributed by atoms with van der Waals surface area (Å²) in [6.45, 7) is 0.216. The molecule has 0 aliphatic heterocycles. The van der Waals surface area contributed by atoms with Crippen molar-refractivity contribution in [3.05, 3.63) is 30.1 Å². The lowest BCUT2D eigenvalue weighted by Gasteiger charge is -2.27. The molecule has 1 aromatic carbocycles. The topological polar surface area (TPSA) is 61.4 Å². The van der Waals surface area contributed by atoms with Gasteiger partial charge < -0.3 is 15.7 Å². The number of urea groups is 1. The molecule has 1 aromatic rings. The molecule has 4 nitrogen and oxygen atoms in total. The van der Waals surface area contributed by atoms with Crippen LogP contribution in [0.1, 0.15) is 25.7 Å². The van der Waals surface area contributed by atoms with Gasteiger partial charge in [-0.2, -0.15) is 0 Å². The van der Waals surface area contributed by atoms with Crippen molar-refractivity contribution in [2.75, 3.05) is 11.9 Å². The fourth-order valence-corrected chi connectivity index (χ4v) is 2.40. The second-order valence-corrected chi connectivity index (χ2v) is 4.98. The fraction of sp³-hybridized carbons (Fsp3) is 0.500. The van der Waals surface area contributed by atoms with E-state index in [0.717, 1.165) is 25.7 Å². The van der Waals surface area contributed by atoms with Crippen LogP contribution in [0, 0.1) is 11.7 Å². The number of halogens is 1. The van der Waals surface area contributed by atoms with Crippen LogP contribution in [0.25, 0.3) is 0 Å². The molecule has 0 heterocycles. The third-order valence-electron chi connectivity index (χ3n) is 3.56. The van der Waals surface area contributed by atoms with Crippen molar-refractivity contribution in [2.45, 2.75) is 31.7 Å². The summed E-state index contributed by atoms with van der Waals surface area (Å²) >= 11 is 0. The summed E-state index contributed by atoms with van der Waals surface area (Å²) in [5.74, 6) is -0.0886. The molecule has 1 aliphatic rings. The monoisotopic (exact) mass is 266 g/mol. The molecule has 5 heteroatoms. The van der Waals surface area contributed by atoms with Crippen LogP contribution in [0.4, 0.5) is 14.9 Å². The van der Waals surface area contributed by atoms with E-state index in [9.17, 15) is 9.18 Å². The average molecular weight is 266 g/mol. The van der Waals surface area contributed by atoms with E-state index in [1.165, 1.54) is 12.1 Å². The Balaban J connectivity index is 1.81. The molecule has 0 saturated heterocycles. The highest BCUT2D eigenvalue weighted by Gasteiger charge is 2.21. The second kappa shape index (κ2) is 6.52. The molecule has 1 fully saturated rings. The first-order chi connectivity index (χ1) is 9.19. The van der Waals surface area contributed by atoms with Crippen molar-refractivity contribution < 1.29 is 14.3 Å². The molecular formula is C14H19FN2O2. The van der Waals surface area contributed by atoms with E-state index in [1.807, 2.05) is 0 Å². The summed E-state index contributed by atoms with van der Waals surface area (Å²) in [4.78, 5) is 11.7. The number of carbonyl (C=O) groups is 1. The molecule has 104 valence electrons. The second-order valence-electron chi connectivity index (χ2n) is 4.98. The van der Waals surface area contributed by atoms with Gasteiger partial charge in [-0.1, -0.05) is 12.1 Å². The first-order valence-corrected chi connectivity index (χ1v) is 6.62. The minimum absolute atomic E-state index is 0.106. The Labute approximate surface area is 112 Å². The van der Waals surface area contributed by atoms with Crippen LogP contribution in [0.15, 0.2) is 24.3 Å². The Kier molecular flexibility index (Phi) is 4.74. The van der Waals surface area contributed by atoms with Crippen LogP contribution >= 0.6 is 0 Å². The van der Waals surface area contributed by atoms with Crippen LogP contribution in [0.2, 0.25) is 0 Å². The highest BCUT2D eigenvalue weighted by molar-refractivity contribution is 5.89. The summed E-state index contributed by atoms with van der Waals surface area (Å²) in [5.41, 5.74) is 0.184. The summed E-state index contributed by atoms with van der Waals surface area (Å²) < 4.78 is 13.4. The molecule has 1 aliphatic carbocycles. The Bertz CT molecular complexity index is 431. The number of hydrogen-bond donors (Lipinski definition) is 3. The third-order valence-corrected chi connectivity index (χ3v) is 3.56. The summed E-state index contributed by atoms with van der Waals surface area (Å²) in [5, 5.41) is 14.4. The van der Waals surface area contributed by atoms with E-state index in [4.69, 9.17) is 5.11 Å². The number of rotatable bonds is 3. The van der Waals surface area contributed by atoms with E-state index >= 15 is 0 Å². The number of para-hydroxylation sites is 1. The van der Waals surface area contributed by atoms with Crippen molar-refractivity contribution in [1.29, 1.82) is 0 Å². The lowest BCUT2D eigenvalue weighted by atomic mass is 9.87. The zero-order valence-corrected chi connectivity index (χ0v) is 10.7. The quantitative estimate of drug-likeness (QED) is 0.787. The minimum Gasteiger partial charge on any atom is -0.396 e. The summed E-state index contributed by atoms with van der Waals surface area (Å²) in [7, 11) is 0. The van der Waals surface area contributed by atoms with Gasteiger partial charge in [-0.25, -0.2) is 9.18 Å². The van der Waals surface area contributed by atoms with E-state index in [0.29, 0.717) is 5.92 Å². The summed E-state index contributed by atoms with van der Waals surface area (Å²) in [6, 6.07) is 5.81. The summed E-state index contributed by atoms with van der Waals surface area (Å²) in [6.07, 6.45) is 3.55. The molecule has 0 radical (unpaired) electrons. The number of nitrogens with one attached hydrogen (secondary N) is 2. The van der Waals surface area contributed by atoms with E-state index in [1.54, 1.807) is 12.1 Å². The van der Waals surface area contributed by atoms with Gasteiger partial charge in [-0.05, 0) is 43.7 Å². The standard InChI is InChI=1S/C14H19FN2O2/c15-12-3-1-2-4-13(12)17-14(19)16-11-7-5-10(9-18)6-8-11/h1-4,10-11,18H,5-9H2,(H2,16,17,19). The first-order valence-electron chi connectivity index (χ1n) is 6.62. The molecule has 0 aromatic heterocycles. The van der Waals surface area contributed by atoms with Crippen molar-refractivity contribution in [1.82, 2.24) is 5.32 Å². The minimum atomic E-state index is -0.443. The zero-order chi connectivity index (χ0) is 13.7.